The normalized spacial score (nSPS) is 14.8. The molecular weight excluding hydrogens is 351 g/mol. The van der Waals surface area contributed by atoms with Gasteiger partial charge >= 0.3 is 0 Å². The van der Waals surface area contributed by atoms with Gasteiger partial charge in [-0.2, -0.15) is 0 Å². The lowest BCUT2D eigenvalue weighted by atomic mass is 9.88. The van der Waals surface area contributed by atoms with Crippen LogP contribution >= 0.6 is 23.2 Å². The Morgan fingerprint density at radius 1 is 0.840 bits per heavy atom. The second kappa shape index (κ2) is 6.59. The Morgan fingerprint density at radius 2 is 1.56 bits per heavy atom. The molecule has 1 nitrogen and oxygen atoms in total. The van der Waals surface area contributed by atoms with Gasteiger partial charge in [0.05, 0.1) is 10.0 Å². The van der Waals surface area contributed by atoms with Gasteiger partial charge in [0, 0.05) is 5.56 Å². The summed E-state index contributed by atoms with van der Waals surface area (Å²) < 4.78 is 6.05. The summed E-state index contributed by atoms with van der Waals surface area (Å²) in [4.78, 5) is 0. The molecular formula is C22H16Cl2O. The molecule has 1 heterocycles. The quantitative estimate of drug-likeness (QED) is 0.456. The first kappa shape index (κ1) is 16.3. The van der Waals surface area contributed by atoms with Crippen molar-refractivity contribution in [1.29, 1.82) is 0 Å². The molecule has 1 aliphatic heterocycles. The smallest absolute Gasteiger partial charge is 0.127 e. The number of allylic oxidation sites excluding steroid dienone is 1. The van der Waals surface area contributed by atoms with Crippen LogP contribution < -0.4 is 4.74 Å². The number of rotatable bonds is 1. The molecule has 0 aromatic heterocycles. The predicted molar refractivity (Wildman–Crippen MR) is 105 cm³/mol. The minimum Gasteiger partial charge on any atom is -0.488 e. The van der Waals surface area contributed by atoms with Crippen LogP contribution in [0.2, 0.25) is 10.0 Å². The molecule has 0 aliphatic carbocycles. The summed E-state index contributed by atoms with van der Waals surface area (Å²) >= 11 is 12.3. The van der Waals surface area contributed by atoms with Gasteiger partial charge < -0.3 is 4.74 Å². The van der Waals surface area contributed by atoms with Gasteiger partial charge in [-0.3, -0.25) is 0 Å². The SMILES string of the molecule is C/C(=C1/c2ccccc2COc2ccccc21)c1ccc(Cl)c(Cl)c1. The highest BCUT2D eigenvalue weighted by Crippen LogP contribution is 2.41. The molecule has 1 aliphatic rings. The van der Waals surface area contributed by atoms with E-state index in [1.165, 1.54) is 16.7 Å². The fraction of sp³-hybridized carbons (Fsp3) is 0.0909. The zero-order valence-corrected chi connectivity index (χ0v) is 15.2. The number of fused-ring (bicyclic) bond motifs is 2. The van der Waals surface area contributed by atoms with E-state index in [0.29, 0.717) is 16.7 Å². The van der Waals surface area contributed by atoms with Crippen molar-refractivity contribution >= 4 is 34.3 Å². The molecule has 25 heavy (non-hydrogen) atoms. The lowest BCUT2D eigenvalue weighted by Gasteiger charge is -2.15. The Morgan fingerprint density at radius 3 is 2.36 bits per heavy atom. The maximum absolute atomic E-state index is 6.25. The van der Waals surface area contributed by atoms with Gasteiger partial charge in [0.25, 0.3) is 0 Å². The number of ether oxygens (including phenoxy) is 1. The molecule has 3 aromatic carbocycles. The number of para-hydroxylation sites is 1. The zero-order chi connectivity index (χ0) is 17.4. The summed E-state index contributed by atoms with van der Waals surface area (Å²) in [6, 6.07) is 22.3. The summed E-state index contributed by atoms with van der Waals surface area (Å²) in [5.74, 6) is 0.896. The van der Waals surface area contributed by atoms with Crippen LogP contribution in [0, 0.1) is 0 Å². The van der Waals surface area contributed by atoms with E-state index in [1.807, 2.05) is 42.5 Å². The van der Waals surface area contributed by atoms with Crippen LogP contribution in [-0.4, -0.2) is 0 Å². The van der Waals surface area contributed by atoms with Gasteiger partial charge in [0.2, 0.25) is 0 Å². The van der Waals surface area contributed by atoms with Crippen LogP contribution in [0.3, 0.4) is 0 Å². The average Bonchev–Trinajstić information content (AvgIpc) is 2.80. The Labute approximate surface area is 157 Å². The van der Waals surface area contributed by atoms with Gasteiger partial charge in [-0.25, -0.2) is 0 Å². The number of hydrogen-bond acceptors (Lipinski definition) is 1. The van der Waals surface area contributed by atoms with Crippen molar-refractivity contribution in [1.82, 2.24) is 0 Å². The molecule has 0 amide bonds. The number of halogens is 2. The zero-order valence-electron chi connectivity index (χ0n) is 13.7. The van der Waals surface area contributed by atoms with E-state index in [2.05, 4.69) is 31.2 Å². The first-order chi connectivity index (χ1) is 12.1. The van der Waals surface area contributed by atoms with Crippen LogP contribution in [0.1, 0.15) is 29.2 Å². The van der Waals surface area contributed by atoms with E-state index < -0.39 is 0 Å². The average molecular weight is 367 g/mol. The highest BCUT2D eigenvalue weighted by Gasteiger charge is 2.21. The Bertz CT molecular complexity index is 939. The number of hydrogen-bond donors (Lipinski definition) is 0. The van der Waals surface area contributed by atoms with Crippen molar-refractivity contribution in [2.75, 3.05) is 0 Å². The van der Waals surface area contributed by atoms with Gasteiger partial charge in [0.1, 0.15) is 12.4 Å². The van der Waals surface area contributed by atoms with Crippen LogP contribution in [0.5, 0.6) is 5.75 Å². The fourth-order valence-corrected chi connectivity index (χ4v) is 3.57. The highest BCUT2D eigenvalue weighted by molar-refractivity contribution is 6.42. The molecule has 3 heteroatoms. The predicted octanol–water partition coefficient (Wildman–Crippen LogP) is 6.86. The molecule has 0 atom stereocenters. The first-order valence-corrected chi connectivity index (χ1v) is 8.87. The monoisotopic (exact) mass is 366 g/mol. The summed E-state index contributed by atoms with van der Waals surface area (Å²) in [6.45, 7) is 2.68. The highest BCUT2D eigenvalue weighted by atomic mass is 35.5. The second-order valence-electron chi connectivity index (χ2n) is 6.07. The summed E-state index contributed by atoms with van der Waals surface area (Å²) in [5, 5.41) is 1.12. The van der Waals surface area contributed by atoms with Gasteiger partial charge in [-0.1, -0.05) is 71.7 Å². The molecule has 0 saturated heterocycles. The molecule has 0 saturated carbocycles. The topological polar surface area (TPSA) is 9.23 Å². The van der Waals surface area contributed by atoms with E-state index in [4.69, 9.17) is 27.9 Å². The van der Waals surface area contributed by atoms with Crippen LogP contribution in [0.4, 0.5) is 0 Å². The summed E-state index contributed by atoms with van der Waals surface area (Å²) in [6.07, 6.45) is 0. The lowest BCUT2D eigenvalue weighted by Crippen LogP contribution is -1.95. The van der Waals surface area contributed by atoms with Crippen molar-refractivity contribution < 1.29 is 4.74 Å². The molecule has 0 radical (unpaired) electrons. The summed E-state index contributed by atoms with van der Waals surface area (Å²) in [7, 11) is 0. The third-order valence-electron chi connectivity index (χ3n) is 4.55. The van der Waals surface area contributed by atoms with Gasteiger partial charge in [-0.15, -0.1) is 0 Å². The van der Waals surface area contributed by atoms with Crippen molar-refractivity contribution in [3.8, 4) is 5.75 Å². The van der Waals surface area contributed by atoms with E-state index in [-0.39, 0.29) is 0 Å². The van der Waals surface area contributed by atoms with E-state index in [1.54, 1.807) is 0 Å². The first-order valence-electron chi connectivity index (χ1n) is 8.12. The molecule has 4 rings (SSSR count). The maximum atomic E-state index is 6.25. The van der Waals surface area contributed by atoms with Crippen molar-refractivity contribution in [3.05, 3.63) is 99.0 Å². The van der Waals surface area contributed by atoms with Crippen molar-refractivity contribution in [2.45, 2.75) is 13.5 Å². The molecule has 0 spiro atoms. The Balaban J connectivity index is 2.03. The second-order valence-corrected chi connectivity index (χ2v) is 6.89. The maximum Gasteiger partial charge on any atom is 0.127 e. The Kier molecular flexibility index (Phi) is 4.29. The van der Waals surface area contributed by atoms with Crippen LogP contribution in [0.25, 0.3) is 11.1 Å². The lowest BCUT2D eigenvalue weighted by molar-refractivity contribution is 0.307. The third-order valence-corrected chi connectivity index (χ3v) is 5.29. The minimum atomic E-state index is 0.561. The van der Waals surface area contributed by atoms with Crippen LogP contribution in [0.15, 0.2) is 66.7 Å². The largest absolute Gasteiger partial charge is 0.488 e. The van der Waals surface area contributed by atoms with Gasteiger partial charge in [0.15, 0.2) is 0 Å². The van der Waals surface area contributed by atoms with Crippen molar-refractivity contribution in [2.24, 2.45) is 0 Å². The number of benzene rings is 3. The third kappa shape index (κ3) is 2.95. The van der Waals surface area contributed by atoms with Gasteiger partial charge in [-0.05, 0) is 53.0 Å². The standard InChI is InChI=1S/C22H16Cl2O/c1-14(15-10-11-19(23)20(24)12-15)22-17-7-3-2-6-16(17)13-25-21-9-5-4-8-18(21)22/h2-12H,13H2,1H3/b22-14+. The molecule has 3 aromatic rings. The minimum absolute atomic E-state index is 0.561. The molecule has 0 N–H and O–H groups in total. The molecule has 0 fully saturated rings. The van der Waals surface area contributed by atoms with Crippen molar-refractivity contribution in [3.63, 3.8) is 0 Å². The molecule has 0 bridgehead atoms. The van der Waals surface area contributed by atoms with E-state index >= 15 is 0 Å². The Hall–Kier alpha value is -2.22. The fourth-order valence-electron chi connectivity index (χ4n) is 3.27. The summed E-state index contributed by atoms with van der Waals surface area (Å²) in [5.41, 5.74) is 6.82. The van der Waals surface area contributed by atoms with E-state index in [0.717, 1.165) is 22.4 Å². The molecule has 0 unspecified atom stereocenters. The van der Waals surface area contributed by atoms with E-state index in [9.17, 15) is 0 Å². The van der Waals surface area contributed by atoms with Crippen LogP contribution in [-0.2, 0) is 6.61 Å². The molecule has 124 valence electrons.